The molecule has 0 aromatic carbocycles. The largest absolute Gasteiger partial charge is 0.480 e. The molecule has 6 heteroatoms. The molecule has 1 aliphatic heterocycles. The van der Waals surface area contributed by atoms with Gasteiger partial charge >= 0.3 is 12.0 Å². The molecule has 1 N–H and O–H groups in total. The van der Waals surface area contributed by atoms with Crippen LogP contribution >= 0.6 is 0 Å². The molecule has 0 fully saturated rings. The maximum absolute atomic E-state index is 12.2. The van der Waals surface area contributed by atoms with Gasteiger partial charge in [-0.2, -0.15) is 0 Å². The minimum atomic E-state index is -1.01. The molecule has 0 unspecified atom stereocenters. The number of aliphatic carboxylic acids is 1. The van der Waals surface area contributed by atoms with Gasteiger partial charge < -0.3 is 19.6 Å². The number of nitrogens with zero attached hydrogens (tertiary/aromatic N) is 2. The molecule has 0 aromatic heterocycles. The zero-order valence-electron chi connectivity index (χ0n) is 10.9. The van der Waals surface area contributed by atoms with Crippen LogP contribution in [0.4, 0.5) is 4.79 Å². The summed E-state index contributed by atoms with van der Waals surface area (Å²) in [6, 6.07) is -0.238. The van der Waals surface area contributed by atoms with Crippen molar-refractivity contribution in [1.82, 2.24) is 9.80 Å². The molecule has 0 spiro atoms. The number of urea groups is 1. The molecule has 102 valence electrons. The molecule has 6 nitrogen and oxygen atoms in total. The van der Waals surface area contributed by atoms with Crippen LogP contribution in [0.15, 0.2) is 11.6 Å². The lowest BCUT2D eigenvalue weighted by molar-refractivity contribution is -0.137. The summed E-state index contributed by atoms with van der Waals surface area (Å²) in [4.78, 5) is 25.9. The smallest absolute Gasteiger partial charge is 0.323 e. The normalized spacial score (nSPS) is 15.2. The Balaban J connectivity index is 2.60. The number of amides is 2. The van der Waals surface area contributed by atoms with Crippen LogP contribution in [0.25, 0.3) is 0 Å². The molecular formula is C12H20N2O4. The molecule has 1 rings (SSSR count). The lowest BCUT2D eigenvalue weighted by Crippen LogP contribution is -2.47. The number of carboxylic acids is 1. The van der Waals surface area contributed by atoms with Gasteiger partial charge in [-0.05, 0) is 13.3 Å². The highest BCUT2D eigenvalue weighted by Crippen LogP contribution is 2.11. The number of carboxylic acid groups (broad SMARTS) is 1. The highest BCUT2D eigenvalue weighted by Gasteiger charge is 2.23. The van der Waals surface area contributed by atoms with Gasteiger partial charge in [0, 0.05) is 26.7 Å². The van der Waals surface area contributed by atoms with Gasteiger partial charge in [-0.25, -0.2) is 4.79 Å². The minimum Gasteiger partial charge on any atom is -0.480 e. The fraction of sp³-hybridized carbons (Fsp3) is 0.667. The molecule has 0 aromatic rings. The maximum Gasteiger partial charge on any atom is 0.323 e. The monoisotopic (exact) mass is 256 g/mol. The Morgan fingerprint density at radius 3 is 2.78 bits per heavy atom. The molecule has 2 amide bonds. The van der Waals surface area contributed by atoms with Crippen LogP contribution in [0.3, 0.4) is 0 Å². The number of hydrogen-bond acceptors (Lipinski definition) is 3. The lowest BCUT2D eigenvalue weighted by atomic mass is 10.1. The van der Waals surface area contributed by atoms with Crippen molar-refractivity contribution in [2.75, 3.05) is 39.9 Å². The van der Waals surface area contributed by atoms with E-state index in [0.29, 0.717) is 26.2 Å². The second-order valence-electron chi connectivity index (χ2n) is 4.34. The first kappa shape index (κ1) is 14.5. The number of methoxy groups -OCH3 is 1. The zero-order chi connectivity index (χ0) is 13.5. The van der Waals surface area contributed by atoms with Gasteiger partial charge in [0.1, 0.15) is 6.54 Å². The molecule has 0 atom stereocenters. The third-order valence-electron chi connectivity index (χ3n) is 2.87. The van der Waals surface area contributed by atoms with E-state index in [2.05, 4.69) is 0 Å². The van der Waals surface area contributed by atoms with E-state index in [-0.39, 0.29) is 12.6 Å². The van der Waals surface area contributed by atoms with E-state index < -0.39 is 5.97 Å². The summed E-state index contributed by atoms with van der Waals surface area (Å²) in [6.45, 7) is 3.56. The van der Waals surface area contributed by atoms with Crippen LogP contribution in [0, 0.1) is 0 Å². The lowest BCUT2D eigenvalue weighted by Gasteiger charge is -2.31. The fourth-order valence-electron chi connectivity index (χ4n) is 1.75. The topological polar surface area (TPSA) is 70.1 Å². The molecule has 1 aliphatic rings. The number of rotatable bonds is 5. The third kappa shape index (κ3) is 4.37. The highest BCUT2D eigenvalue weighted by atomic mass is 16.5. The Morgan fingerprint density at radius 2 is 2.28 bits per heavy atom. The number of carbonyl (C=O) groups excluding carboxylic acids is 1. The van der Waals surface area contributed by atoms with Crippen LogP contribution in [-0.4, -0.2) is 66.8 Å². The average molecular weight is 256 g/mol. The summed E-state index contributed by atoms with van der Waals surface area (Å²) in [6.07, 6.45) is 2.84. The zero-order valence-corrected chi connectivity index (χ0v) is 10.9. The summed E-state index contributed by atoms with van der Waals surface area (Å²) >= 11 is 0. The highest BCUT2D eigenvalue weighted by molar-refractivity contribution is 5.80. The molecule has 0 bridgehead atoms. The first-order valence-electron chi connectivity index (χ1n) is 5.94. The van der Waals surface area contributed by atoms with Gasteiger partial charge in [-0.3, -0.25) is 4.79 Å². The Kier molecular flexibility index (Phi) is 5.64. The van der Waals surface area contributed by atoms with Crippen LogP contribution in [0.2, 0.25) is 0 Å². The van der Waals surface area contributed by atoms with Crippen molar-refractivity contribution in [3.8, 4) is 0 Å². The number of ether oxygens (including phenoxy) is 1. The van der Waals surface area contributed by atoms with E-state index in [4.69, 9.17) is 9.84 Å². The molecule has 0 radical (unpaired) electrons. The van der Waals surface area contributed by atoms with Gasteiger partial charge in [0.2, 0.25) is 0 Å². The van der Waals surface area contributed by atoms with Gasteiger partial charge in [0.25, 0.3) is 0 Å². The number of carbonyl (C=O) groups is 2. The van der Waals surface area contributed by atoms with Gasteiger partial charge in [0.05, 0.1) is 6.61 Å². The fourth-order valence-corrected chi connectivity index (χ4v) is 1.75. The Morgan fingerprint density at radius 1 is 1.56 bits per heavy atom. The Bertz CT molecular complexity index is 341. The second kappa shape index (κ2) is 7.00. The van der Waals surface area contributed by atoms with Crippen molar-refractivity contribution in [3.05, 3.63) is 11.6 Å². The van der Waals surface area contributed by atoms with E-state index in [1.54, 1.807) is 4.90 Å². The van der Waals surface area contributed by atoms with Gasteiger partial charge in [0.15, 0.2) is 0 Å². The van der Waals surface area contributed by atoms with E-state index >= 15 is 0 Å². The molecular weight excluding hydrogens is 236 g/mol. The summed E-state index contributed by atoms with van der Waals surface area (Å²) in [5.74, 6) is -1.01. The van der Waals surface area contributed by atoms with Crippen LogP contribution < -0.4 is 0 Å². The number of hydrogen-bond donors (Lipinski definition) is 1. The Labute approximate surface area is 107 Å². The van der Waals surface area contributed by atoms with Crippen molar-refractivity contribution < 1.29 is 19.4 Å². The van der Waals surface area contributed by atoms with Crippen molar-refractivity contribution in [3.63, 3.8) is 0 Å². The first-order valence-corrected chi connectivity index (χ1v) is 5.94. The van der Waals surface area contributed by atoms with E-state index in [9.17, 15) is 9.59 Å². The van der Waals surface area contributed by atoms with E-state index in [0.717, 1.165) is 6.42 Å². The van der Waals surface area contributed by atoms with E-state index in [1.807, 2.05) is 13.0 Å². The quantitative estimate of drug-likeness (QED) is 0.738. The Hall–Kier alpha value is -1.56. The third-order valence-corrected chi connectivity index (χ3v) is 2.87. The predicted molar refractivity (Wildman–Crippen MR) is 66.4 cm³/mol. The predicted octanol–water partition coefficient (Wildman–Crippen LogP) is 0.791. The summed E-state index contributed by atoms with van der Waals surface area (Å²) in [5.41, 5.74) is 1.26. The molecule has 18 heavy (non-hydrogen) atoms. The SMILES string of the molecule is COCCN(CC(=O)O)C(=O)N1CC=C(C)CC1. The molecule has 1 heterocycles. The van der Waals surface area contributed by atoms with Gasteiger partial charge in [-0.1, -0.05) is 11.6 Å². The van der Waals surface area contributed by atoms with Crippen molar-refractivity contribution in [2.45, 2.75) is 13.3 Å². The second-order valence-corrected chi connectivity index (χ2v) is 4.34. The molecule has 0 saturated carbocycles. The molecule has 0 saturated heterocycles. The molecule has 0 aliphatic carbocycles. The van der Waals surface area contributed by atoms with Crippen LogP contribution in [0.1, 0.15) is 13.3 Å². The van der Waals surface area contributed by atoms with Gasteiger partial charge in [-0.15, -0.1) is 0 Å². The standard InChI is InChI=1S/C12H20N2O4/c1-10-3-5-13(6-4-10)12(17)14(7-8-18-2)9-11(15)16/h3H,4-9H2,1-2H3,(H,15,16). The van der Waals surface area contributed by atoms with Crippen molar-refractivity contribution in [2.24, 2.45) is 0 Å². The minimum absolute atomic E-state index is 0.238. The average Bonchev–Trinajstić information content (AvgIpc) is 2.34. The van der Waals surface area contributed by atoms with Crippen LogP contribution in [-0.2, 0) is 9.53 Å². The summed E-state index contributed by atoms with van der Waals surface area (Å²) < 4.78 is 4.89. The van der Waals surface area contributed by atoms with E-state index in [1.165, 1.54) is 17.6 Å². The van der Waals surface area contributed by atoms with Crippen molar-refractivity contribution in [1.29, 1.82) is 0 Å². The summed E-state index contributed by atoms with van der Waals surface area (Å²) in [7, 11) is 1.52. The van der Waals surface area contributed by atoms with Crippen molar-refractivity contribution >= 4 is 12.0 Å². The van der Waals surface area contributed by atoms with Crippen LogP contribution in [0.5, 0.6) is 0 Å². The first-order chi connectivity index (χ1) is 8.54. The summed E-state index contributed by atoms with van der Waals surface area (Å²) in [5, 5.41) is 8.81. The maximum atomic E-state index is 12.2.